The Morgan fingerprint density at radius 1 is 1.06 bits per heavy atom. The Balaban J connectivity index is 1.70. The molecule has 0 spiro atoms. The second kappa shape index (κ2) is 9.86. The van der Waals surface area contributed by atoms with Crippen LogP contribution in [0.4, 0.5) is 8.78 Å². The van der Waals surface area contributed by atoms with E-state index in [0.29, 0.717) is 4.88 Å². The summed E-state index contributed by atoms with van der Waals surface area (Å²) in [6.07, 6.45) is 0. The Hall–Kier alpha value is -2.37. The number of hydrogen-bond acceptors (Lipinski definition) is 5. The van der Waals surface area contributed by atoms with E-state index in [9.17, 15) is 26.8 Å². The quantitative estimate of drug-likeness (QED) is 0.662. The minimum absolute atomic E-state index is 0.114. The molecule has 1 N–H and O–H groups in total. The first-order valence-electron chi connectivity index (χ1n) is 10.5. The highest BCUT2D eigenvalue weighted by atomic mass is 32.2. The number of halogens is 2. The van der Waals surface area contributed by atoms with Gasteiger partial charge in [0.25, 0.3) is 5.91 Å². The molecule has 0 radical (unpaired) electrons. The molecule has 33 heavy (non-hydrogen) atoms. The average Bonchev–Trinajstić information content (AvgIpc) is 3.10. The fourth-order valence-electron chi connectivity index (χ4n) is 3.79. The number of benzene rings is 1. The molecule has 11 heteroatoms. The number of carbonyl (C=O) groups is 2. The minimum atomic E-state index is -3.67. The molecule has 0 aliphatic carbocycles. The molecule has 1 aliphatic heterocycles. The number of carbonyl (C=O) groups excluding carboxylic acids is 2. The third-order valence-corrected chi connectivity index (χ3v) is 8.69. The lowest BCUT2D eigenvalue weighted by molar-refractivity contribution is -0.135. The second-order valence-corrected chi connectivity index (χ2v) is 11.7. The first-order chi connectivity index (χ1) is 15.4. The van der Waals surface area contributed by atoms with Gasteiger partial charge in [-0.2, -0.15) is 4.31 Å². The Kier molecular flexibility index (Phi) is 7.55. The maximum Gasteiger partial charge on any atom is 0.257 e. The van der Waals surface area contributed by atoms with Crippen molar-refractivity contribution in [3.05, 3.63) is 51.2 Å². The van der Waals surface area contributed by atoms with Crippen molar-refractivity contribution in [2.24, 2.45) is 5.92 Å². The molecule has 2 aromatic rings. The maximum absolute atomic E-state index is 14.0. The van der Waals surface area contributed by atoms with E-state index in [2.05, 4.69) is 5.32 Å². The van der Waals surface area contributed by atoms with Crippen LogP contribution in [-0.2, 0) is 14.8 Å². The highest BCUT2D eigenvalue weighted by molar-refractivity contribution is 7.89. The number of hydrogen-bond donors (Lipinski definition) is 1. The van der Waals surface area contributed by atoms with Crippen molar-refractivity contribution in [1.82, 2.24) is 14.5 Å². The predicted octanol–water partition coefficient (Wildman–Crippen LogP) is 2.93. The molecule has 1 atom stereocenters. The summed E-state index contributed by atoms with van der Waals surface area (Å²) >= 11 is 1.41. The summed E-state index contributed by atoms with van der Waals surface area (Å²) in [5, 5.41) is 2.45. The lowest BCUT2D eigenvalue weighted by Gasteiger charge is -2.36. The molecular weight excluding hydrogens is 472 g/mol. The van der Waals surface area contributed by atoms with E-state index in [4.69, 9.17) is 0 Å². The van der Waals surface area contributed by atoms with Gasteiger partial charge in [-0.15, -0.1) is 11.3 Å². The number of aryl methyl sites for hydroxylation is 2. The van der Waals surface area contributed by atoms with Gasteiger partial charge in [0.05, 0.1) is 4.90 Å². The molecule has 1 saturated heterocycles. The zero-order valence-electron chi connectivity index (χ0n) is 18.9. The molecule has 1 aliphatic rings. The van der Waals surface area contributed by atoms with Crippen molar-refractivity contribution in [3.8, 4) is 0 Å². The van der Waals surface area contributed by atoms with Crippen LogP contribution in [0.1, 0.15) is 34.0 Å². The standard InChI is InChI=1S/C22H27F2N3O4S2/c1-13(2)20(25-21(28)19-16(23)6-5-7-17(19)24)22(29)26-8-10-27(11-9-26)33(30,31)18-12-14(3)32-15(18)4/h5-7,12-13,20H,8-11H2,1-4H3,(H,25,28)/t20-/m0/s1. The maximum atomic E-state index is 14.0. The number of sulfonamides is 1. The van der Waals surface area contributed by atoms with Gasteiger partial charge in [-0.1, -0.05) is 19.9 Å². The largest absolute Gasteiger partial charge is 0.340 e. The fourth-order valence-corrected chi connectivity index (χ4v) is 6.74. The normalized spacial score (nSPS) is 16.2. The lowest BCUT2D eigenvalue weighted by atomic mass is 10.0. The number of nitrogens with one attached hydrogen (secondary N) is 1. The van der Waals surface area contributed by atoms with Gasteiger partial charge in [0.1, 0.15) is 23.2 Å². The van der Waals surface area contributed by atoms with E-state index < -0.39 is 45.1 Å². The van der Waals surface area contributed by atoms with Crippen molar-refractivity contribution in [3.63, 3.8) is 0 Å². The molecular formula is C22H27F2N3O4S2. The molecule has 0 unspecified atom stereocenters. The molecule has 0 bridgehead atoms. The number of nitrogens with zero attached hydrogens (tertiary/aromatic N) is 2. The van der Waals surface area contributed by atoms with Crippen LogP contribution in [0.5, 0.6) is 0 Å². The fraction of sp³-hybridized carbons (Fsp3) is 0.455. The number of amides is 2. The van der Waals surface area contributed by atoms with E-state index >= 15 is 0 Å². The Morgan fingerprint density at radius 2 is 1.64 bits per heavy atom. The summed E-state index contributed by atoms with van der Waals surface area (Å²) in [7, 11) is -3.67. The van der Waals surface area contributed by atoms with Crippen LogP contribution in [0, 0.1) is 31.4 Å². The van der Waals surface area contributed by atoms with Crippen LogP contribution in [0.15, 0.2) is 29.2 Å². The minimum Gasteiger partial charge on any atom is -0.340 e. The molecule has 3 rings (SSSR count). The molecule has 1 aromatic heterocycles. The summed E-state index contributed by atoms with van der Waals surface area (Å²) in [4.78, 5) is 29.0. The number of rotatable bonds is 6. The predicted molar refractivity (Wildman–Crippen MR) is 122 cm³/mol. The SMILES string of the molecule is Cc1cc(S(=O)(=O)N2CCN(C(=O)[C@@H](NC(=O)c3c(F)cccc3F)C(C)C)CC2)c(C)s1. The van der Waals surface area contributed by atoms with Gasteiger partial charge in [-0.3, -0.25) is 9.59 Å². The molecule has 0 saturated carbocycles. The summed E-state index contributed by atoms with van der Waals surface area (Å²) in [5.74, 6) is -3.81. The topological polar surface area (TPSA) is 86.8 Å². The Bertz CT molecular complexity index is 1140. The van der Waals surface area contributed by atoms with Gasteiger partial charge in [0, 0.05) is 35.9 Å². The van der Waals surface area contributed by atoms with E-state index in [1.807, 2.05) is 6.92 Å². The number of thiophene rings is 1. The first kappa shape index (κ1) is 25.3. The molecule has 2 heterocycles. The highest BCUT2D eigenvalue weighted by Gasteiger charge is 2.35. The van der Waals surface area contributed by atoms with Gasteiger partial charge >= 0.3 is 0 Å². The molecule has 1 fully saturated rings. The molecule has 1 aromatic carbocycles. The van der Waals surface area contributed by atoms with E-state index in [0.717, 1.165) is 23.1 Å². The van der Waals surface area contributed by atoms with Crippen LogP contribution in [0.3, 0.4) is 0 Å². The van der Waals surface area contributed by atoms with Gasteiger partial charge < -0.3 is 10.2 Å². The van der Waals surface area contributed by atoms with Gasteiger partial charge in [-0.05, 0) is 38.0 Å². The van der Waals surface area contributed by atoms with Crippen molar-refractivity contribution >= 4 is 33.2 Å². The second-order valence-electron chi connectivity index (χ2n) is 8.30. The first-order valence-corrected chi connectivity index (χ1v) is 12.8. The van der Waals surface area contributed by atoms with E-state index in [1.54, 1.807) is 26.8 Å². The van der Waals surface area contributed by atoms with Crippen LogP contribution in [0.25, 0.3) is 0 Å². The molecule has 180 valence electrons. The molecule has 7 nitrogen and oxygen atoms in total. The third-order valence-electron chi connectivity index (χ3n) is 5.57. The summed E-state index contributed by atoms with van der Waals surface area (Å²) in [6, 6.07) is 3.74. The summed E-state index contributed by atoms with van der Waals surface area (Å²) in [6.45, 7) is 7.55. The Morgan fingerprint density at radius 3 is 2.12 bits per heavy atom. The zero-order chi connectivity index (χ0) is 24.5. The summed E-state index contributed by atoms with van der Waals surface area (Å²) in [5.41, 5.74) is -0.742. The van der Waals surface area contributed by atoms with Gasteiger partial charge in [-0.25, -0.2) is 17.2 Å². The Labute approximate surface area is 196 Å². The monoisotopic (exact) mass is 499 g/mol. The van der Waals surface area contributed by atoms with Crippen LogP contribution < -0.4 is 5.32 Å². The van der Waals surface area contributed by atoms with Crippen LogP contribution >= 0.6 is 11.3 Å². The lowest BCUT2D eigenvalue weighted by Crippen LogP contribution is -2.57. The van der Waals surface area contributed by atoms with E-state index in [1.165, 1.54) is 20.5 Å². The third kappa shape index (κ3) is 5.25. The number of piperazine rings is 1. The van der Waals surface area contributed by atoms with Crippen LogP contribution in [0.2, 0.25) is 0 Å². The zero-order valence-corrected chi connectivity index (χ0v) is 20.5. The average molecular weight is 500 g/mol. The summed E-state index contributed by atoms with van der Waals surface area (Å²) < 4.78 is 55.3. The highest BCUT2D eigenvalue weighted by Crippen LogP contribution is 2.28. The van der Waals surface area contributed by atoms with Crippen molar-refractivity contribution in [2.45, 2.75) is 38.6 Å². The van der Waals surface area contributed by atoms with Gasteiger partial charge in [0.15, 0.2) is 0 Å². The van der Waals surface area contributed by atoms with E-state index in [-0.39, 0.29) is 37.0 Å². The van der Waals surface area contributed by atoms with Crippen LogP contribution in [-0.4, -0.2) is 61.7 Å². The van der Waals surface area contributed by atoms with Crippen molar-refractivity contribution < 1.29 is 26.8 Å². The van der Waals surface area contributed by atoms with Gasteiger partial charge in [0.2, 0.25) is 15.9 Å². The smallest absolute Gasteiger partial charge is 0.257 e. The van der Waals surface area contributed by atoms with Crippen molar-refractivity contribution in [1.29, 1.82) is 0 Å². The molecule has 2 amide bonds. The van der Waals surface area contributed by atoms with Crippen molar-refractivity contribution in [2.75, 3.05) is 26.2 Å².